The van der Waals surface area contributed by atoms with E-state index in [1.54, 1.807) is 6.92 Å². The molecule has 8 nitrogen and oxygen atoms in total. The maximum atomic E-state index is 12.3. The van der Waals surface area contributed by atoms with Crippen molar-refractivity contribution in [3.8, 4) is 11.1 Å². The molecule has 8 heteroatoms. The SMILES string of the molecule is CC(=O)O[C@@H](C)C(=O)NCc1cccc(-c2ccc([C@H]3O[C@@H](CN(C)[C@H](C)c4ccc5ccccc5c4)C[C@@H](c4ccc(CO)cc4)O3)cc2)c1. The first-order valence-electron chi connectivity index (χ1n) is 17.5. The Balaban J connectivity index is 1.17. The Bertz CT molecular complexity index is 1940. The van der Waals surface area contributed by atoms with Crippen molar-refractivity contribution in [2.45, 2.75) is 71.0 Å². The highest BCUT2D eigenvalue weighted by Crippen LogP contribution is 2.39. The highest BCUT2D eigenvalue weighted by Gasteiger charge is 2.33. The molecular formula is C43H46N2O6. The molecule has 0 spiro atoms. The van der Waals surface area contributed by atoms with Crippen LogP contribution in [0.4, 0.5) is 0 Å². The molecule has 5 aromatic rings. The Morgan fingerprint density at radius 3 is 2.27 bits per heavy atom. The summed E-state index contributed by atoms with van der Waals surface area (Å²) in [5.41, 5.74) is 7.06. The second-order valence-corrected chi connectivity index (χ2v) is 13.4. The van der Waals surface area contributed by atoms with Crippen molar-refractivity contribution in [2.75, 3.05) is 13.6 Å². The van der Waals surface area contributed by atoms with E-state index in [-0.39, 0.29) is 30.8 Å². The summed E-state index contributed by atoms with van der Waals surface area (Å²) >= 11 is 0. The van der Waals surface area contributed by atoms with E-state index < -0.39 is 18.4 Å². The van der Waals surface area contributed by atoms with Crippen molar-refractivity contribution < 1.29 is 28.9 Å². The van der Waals surface area contributed by atoms with Crippen LogP contribution in [0.15, 0.2) is 115 Å². The van der Waals surface area contributed by atoms with Gasteiger partial charge in [0.1, 0.15) is 0 Å². The number of hydrogen-bond acceptors (Lipinski definition) is 7. The van der Waals surface area contributed by atoms with Crippen LogP contribution >= 0.6 is 0 Å². The fraction of sp³-hybridized carbons (Fsp3) is 0.302. The van der Waals surface area contributed by atoms with Crippen molar-refractivity contribution in [1.29, 1.82) is 0 Å². The molecule has 1 aliphatic heterocycles. The number of benzene rings is 5. The van der Waals surface area contributed by atoms with Crippen molar-refractivity contribution in [3.05, 3.63) is 143 Å². The van der Waals surface area contributed by atoms with Gasteiger partial charge >= 0.3 is 5.97 Å². The van der Waals surface area contributed by atoms with Crippen molar-refractivity contribution in [3.63, 3.8) is 0 Å². The van der Waals surface area contributed by atoms with Gasteiger partial charge in [0.25, 0.3) is 5.91 Å². The third kappa shape index (κ3) is 9.09. The molecule has 1 amide bonds. The van der Waals surface area contributed by atoms with Gasteiger partial charge in [-0.2, -0.15) is 0 Å². The van der Waals surface area contributed by atoms with E-state index in [0.717, 1.165) is 39.9 Å². The number of carbonyl (C=O) groups is 2. The van der Waals surface area contributed by atoms with Crippen LogP contribution in [0.3, 0.4) is 0 Å². The molecule has 6 rings (SSSR count). The summed E-state index contributed by atoms with van der Waals surface area (Å²) in [6, 6.07) is 39.4. The van der Waals surface area contributed by atoms with E-state index in [2.05, 4.69) is 78.8 Å². The summed E-state index contributed by atoms with van der Waals surface area (Å²) < 4.78 is 18.3. The number of aliphatic hydroxyl groups excluding tert-OH is 1. The molecule has 2 N–H and O–H groups in total. The molecule has 0 radical (unpaired) electrons. The van der Waals surface area contributed by atoms with Crippen LogP contribution in [-0.2, 0) is 37.0 Å². The average molecular weight is 687 g/mol. The molecule has 1 saturated heterocycles. The van der Waals surface area contributed by atoms with E-state index in [0.29, 0.717) is 13.0 Å². The van der Waals surface area contributed by atoms with Crippen LogP contribution < -0.4 is 5.32 Å². The number of ether oxygens (including phenoxy) is 3. The molecule has 1 fully saturated rings. The molecular weight excluding hydrogens is 640 g/mol. The van der Waals surface area contributed by atoms with E-state index in [4.69, 9.17) is 14.2 Å². The maximum Gasteiger partial charge on any atom is 0.303 e. The van der Waals surface area contributed by atoms with E-state index in [1.807, 2.05) is 60.7 Å². The smallest absolute Gasteiger partial charge is 0.303 e. The predicted octanol–water partition coefficient (Wildman–Crippen LogP) is 7.81. The number of fused-ring (bicyclic) bond motifs is 1. The lowest BCUT2D eigenvalue weighted by Gasteiger charge is -2.39. The zero-order valence-electron chi connectivity index (χ0n) is 29.6. The standard InChI is InChI=1S/C43H46N2O6/c1-28(37-21-18-33-9-5-6-10-39(33)23-37)45(4)26-40-24-41(35-14-12-31(27-46)13-15-35)51-43(50-40)36-19-16-34(17-20-36)38-11-7-8-32(22-38)25-44-42(48)29(2)49-30(3)47/h5-23,28-29,40-41,43,46H,24-27H2,1-4H3,(H,44,48)/t28-,29+,40-,41+,43+/m1/s1. The number of likely N-dealkylation sites (N-methyl/N-ethyl adjacent to an activating group) is 1. The molecule has 51 heavy (non-hydrogen) atoms. The van der Waals surface area contributed by atoms with Crippen LogP contribution in [0.5, 0.6) is 0 Å². The minimum absolute atomic E-state index is 0.00317. The second kappa shape index (κ2) is 16.4. The van der Waals surface area contributed by atoms with Gasteiger partial charge in [-0.05, 0) is 77.2 Å². The van der Waals surface area contributed by atoms with Crippen LogP contribution in [0.2, 0.25) is 0 Å². The first-order chi connectivity index (χ1) is 24.7. The number of nitrogens with zero attached hydrogens (tertiary/aromatic N) is 1. The average Bonchev–Trinajstić information content (AvgIpc) is 3.16. The number of carbonyl (C=O) groups excluding carboxylic acids is 2. The molecule has 5 aromatic carbocycles. The molecule has 0 saturated carbocycles. The third-order valence-corrected chi connectivity index (χ3v) is 9.65. The summed E-state index contributed by atoms with van der Waals surface area (Å²) in [6.07, 6.45) is -0.985. The van der Waals surface area contributed by atoms with Gasteiger partial charge in [-0.1, -0.05) is 103 Å². The molecule has 0 aliphatic carbocycles. The van der Waals surface area contributed by atoms with Crippen LogP contribution in [-0.4, -0.2) is 47.7 Å². The first-order valence-corrected chi connectivity index (χ1v) is 17.5. The number of aliphatic hydroxyl groups is 1. The highest BCUT2D eigenvalue weighted by atomic mass is 16.7. The van der Waals surface area contributed by atoms with Crippen LogP contribution in [0.25, 0.3) is 21.9 Å². The van der Waals surface area contributed by atoms with Gasteiger partial charge in [-0.3, -0.25) is 14.5 Å². The predicted molar refractivity (Wildman–Crippen MR) is 198 cm³/mol. The molecule has 1 aliphatic rings. The van der Waals surface area contributed by atoms with Crippen molar-refractivity contribution >= 4 is 22.6 Å². The second-order valence-electron chi connectivity index (χ2n) is 13.4. The van der Waals surface area contributed by atoms with Gasteiger partial charge < -0.3 is 24.6 Å². The number of hydrogen-bond donors (Lipinski definition) is 2. The molecule has 264 valence electrons. The summed E-state index contributed by atoms with van der Waals surface area (Å²) in [4.78, 5) is 25.9. The molecule has 1 heterocycles. The van der Waals surface area contributed by atoms with E-state index in [1.165, 1.54) is 23.3 Å². The van der Waals surface area contributed by atoms with Gasteiger partial charge in [0.05, 0.1) is 18.8 Å². The lowest BCUT2D eigenvalue weighted by molar-refractivity contribution is -0.253. The Labute approximate surface area is 300 Å². The Morgan fingerprint density at radius 1 is 0.824 bits per heavy atom. The van der Waals surface area contributed by atoms with Crippen LogP contribution in [0.1, 0.15) is 73.4 Å². The normalized spacial score (nSPS) is 18.7. The van der Waals surface area contributed by atoms with Gasteiger partial charge in [-0.15, -0.1) is 0 Å². The number of esters is 1. The van der Waals surface area contributed by atoms with Crippen molar-refractivity contribution in [1.82, 2.24) is 10.2 Å². The lowest BCUT2D eigenvalue weighted by atomic mass is 9.98. The number of nitrogens with one attached hydrogen (secondary N) is 1. The largest absolute Gasteiger partial charge is 0.453 e. The zero-order chi connectivity index (χ0) is 35.9. The van der Waals surface area contributed by atoms with Gasteiger partial charge in [0.2, 0.25) is 0 Å². The van der Waals surface area contributed by atoms with Gasteiger partial charge in [0, 0.05) is 38.0 Å². The summed E-state index contributed by atoms with van der Waals surface area (Å²) in [5, 5.41) is 14.9. The fourth-order valence-corrected chi connectivity index (χ4v) is 6.56. The Hall–Kier alpha value is -4.86. The highest BCUT2D eigenvalue weighted by molar-refractivity contribution is 5.83. The molecule has 0 bridgehead atoms. The van der Waals surface area contributed by atoms with Gasteiger partial charge in [0.15, 0.2) is 12.4 Å². The van der Waals surface area contributed by atoms with Gasteiger partial charge in [-0.25, -0.2) is 0 Å². The monoisotopic (exact) mass is 686 g/mol. The molecule has 0 aromatic heterocycles. The topological polar surface area (TPSA) is 97.3 Å². The Morgan fingerprint density at radius 2 is 1.55 bits per heavy atom. The summed E-state index contributed by atoms with van der Waals surface area (Å²) in [5.74, 6) is -0.837. The summed E-state index contributed by atoms with van der Waals surface area (Å²) in [7, 11) is 2.15. The molecule has 5 atom stereocenters. The lowest BCUT2D eigenvalue weighted by Crippen LogP contribution is -2.38. The number of rotatable bonds is 12. The van der Waals surface area contributed by atoms with Crippen molar-refractivity contribution in [2.24, 2.45) is 0 Å². The maximum absolute atomic E-state index is 12.3. The summed E-state index contributed by atoms with van der Waals surface area (Å²) in [6.45, 7) is 6.10. The minimum Gasteiger partial charge on any atom is -0.453 e. The minimum atomic E-state index is -0.852. The number of amides is 1. The first kappa shape index (κ1) is 35.9. The fourth-order valence-electron chi connectivity index (χ4n) is 6.56. The zero-order valence-corrected chi connectivity index (χ0v) is 29.6. The molecule has 0 unspecified atom stereocenters. The Kier molecular flexibility index (Phi) is 11.6. The van der Waals surface area contributed by atoms with E-state index >= 15 is 0 Å². The quantitative estimate of drug-likeness (QED) is 0.129. The third-order valence-electron chi connectivity index (χ3n) is 9.65. The van der Waals surface area contributed by atoms with E-state index in [9.17, 15) is 14.7 Å². The van der Waals surface area contributed by atoms with Crippen LogP contribution in [0, 0.1) is 0 Å².